The van der Waals surface area contributed by atoms with Crippen LogP contribution in [0.3, 0.4) is 0 Å². The molecule has 2 aromatic rings. The highest BCUT2D eigenvalue weighted by Gasteiger charge is 1.98. The van der Waals surface area contributed by atoms with Crippen molar-refractivity contribution in [1.29, 1.82) is 0 Å². The molecule has 0 radical (unpaired) electrons. The van der Waals surface area contributed by atoms with Gasteiger partial charge in [0, 0.05) is 10.9 Å². The standard InChI is InChI=1S/C10H8O2.C2H4O/c1-7-6-8-4-2-3-5-9(8)12-10(7)11;1-2-3/h2-6H,1H3;2H,1H3. The number of carbonyl (C=O) groups excluding carboxylic acids is 1. The fourth-order valence-electron chi connectivity index (χ4n) is 1.17. The maximum Gasteiger partial charge on any atom is 0.339 e. The summed E-state index contributed by atoms with van der Waals surface area (Å²) in [5.41, 5.74) is 1.04. The van der Waals surface area contributed by atoms with Crippen molar-refractivity contribution >= 4 is 17.3 Å². The molecule has 0 aliphatic carbocycles. The molecule has 0 fully saturated rings. The van der Waals surface area contributed by atoms with Crippen LogP contribution < -0.4 is 5.63 Å². The van der Waals surface area contributed by atoms with E-state index in [0.717, 1.165) is 11.7 Å². The van der Waals surface area contributed by atoms with E-state index in [9.17, 15) is 4.79 Å². The predicted octanol–water partition coefficient (Wildman–Crippen LogP) is 2.31. The first-order chi connectivity index (χ1) is 7.19. The molecule has 1 heterocycles. The number of aldehydes is 1. The summed E-state index contributed by atoms with van der Waals surface area (Å²) < 4.78 is 5.04. The molecule has 0 amide bonds. The van der Waals surface area contributed by atoms with E-state index >= 15 is 0 Å². The second-order valence-electron chi connectivity index (χ2n) is 2.99. The van der Waals surface area contributed by atoms with Crippen LogP contribution in [0.15, 0.2) is 39.5 Å². The Hall–Kier alpha value is -1.90. The lowest BCUT2D eigenvalue weighted by molar-refractivity contribution is -0.106. The first-order valence-corrected chi connectivity index (χ1v) is 4.58. The minimum absolute atomic E-state index is 0.256. The molecular weight excluding hydrogens is 192 g/mol. The molecule has 2 rings (SSSR count). The number of carbonyl (C=O) groups is 1. The lowest BCUT2D eigenvalue weighted by atomic mass is 10.2. The van der Waals surface area contributed by atoms with Crippen LogP contribution in [0.4, 0.5) is 0 Å². The molecule has 0 N–H and O–H groups in total. The summed E-state index contributed by atoms with van der Waals surface area (Å²) in [7, 11) is 0. The van der Waals surface area contributed by atoms with Gasteiger partial charge in [-0.15, -0.1) is 0 Å². The van der Waals surface area contributed by atoms with Crippen LogP contribution in [0, 0.1) is 6.92 Å². The van der Waals surface area contributed by atoms with E-state index in [2.05, 4.69) is 0 Å². The molecule has 1 aromatic heterocycles. The van der Waals surface area contributed by atoms with Crippen LogP contribution in [0.1, 0.15) is 12.5 Å². The number of benzene rings is 1. The molecule has 3 heteroatoms. The second kappa shape index (κ2) is 5.10. The molecule has 15 heavy (non-hydrogen) atoms. The predicted molar refractivity (Wildman–Crippen MR) is 59.0 cm³/mol. The second-order valence-corrected chi connectivity index (χ2v) is 2.99. The Bertz CT molecular complexity index is 512. The topological polar surface area (TPSA) is 47.3 Å². The number of hydrogen-bond donors (Lipinski definition) is 0. The van der Waals surface area contributed by atoms with Crippen molar-refractivity contribution in [3.63, 3.8) is 0 Å². The summed E-state index contributed by atoms with van der Waals surface area (Å²) in [5.74, 6) is 0. The van der Waals surface area contributed by atoms with Gasteiger partial charge in [-0.25, -0.2) is 4.79 Å². The van der Waals surface area contributed by atoms with Crippen LogP contribution >= 0.6 is 0 Å². The van der Waals surface area contributed by atoms with Gasteiger partial charge in [0.15, 0.2) is 0 Å². The van der Waals surface area contributed by atoms with Crippen molar-refractivity contribution in [2.45, 2.75) is 13.8 Å². The van der Waals surface area contributed by atoms with Crippen molar-refractivity contribution in [3.8, 4) is 0 Å². The highest BCUT2D eigenvalue weighted by molar-refractivity contribution is 5.76. The fraction of sp³-hybridized carbons (Fsp3) is 0.167. The monoisotopic (exact) mass is 204 g/mol. The van der Waals surface area contributed by atoms with Crippen LogP contribution in [-0.4, -0.2) is 6.29 Å². The van der Waals surface area contributed by atoms with Gasteiger partial charge in [-0.05, 0) is 26.0 Å². The lowest BCUT2D eigenvalue weighted by Gasteiger charge is -1.95. The van der Waals surface area contributed by atoms with Gasteiger partial charge >= 0.3 is 5.63 Å². The Balaban J connectivity index is 0.000000337. The summed E-state index contributed by atoms with van der Waals surface area (Å²) in [6.45, 7) is 3.19. The Morgan fingerprint density at radius 2 is 1.87 bits per heavy atom. The molecule has 0 atom stereocenters. The van der Waals surface area contributed by atoms with Crippen molar-refractivity contribution < 1.29 is 9.21 Å². The van der Waals surface area contributed by atoms with Gasteiger partial charge in [0.05, 0.1) is 0 Å². The van der Waals surface area contributed by atoms with Gasteiger partial charge in [0.2, 0.25) is 0 Å². The summed E-state index contributed by atoms with van der Waals surface area (Å²) >= 11 is 0. The minimum atomic E-state index is -0.256. The van der Waals surface area contributed by atoms with Crippen LogP contribution in [0.2, 0.25) is 0 Å². The maximum absolute atomic E-state index is 11.1. The van der Waals surface area contributed by atoms with Crippen molar-refractivity contribution in [2.75, 3.05) is 0 Å². The average molecular weight is 204 g/mol. The quantitative estimate of drug-likeness (QED) is 0.488. The summed E-state index contributed by atoms with van der Waals surface area (Å²) in [4.78, 5) is 19.9. The smallest absolute Gasteiger partial charge is 0.339 e. The first-order valence-electron chi connectivity index (χ1n) is 4.58. The molecular formula is C12H12O3. The Labute approximate surface area is 87.3 Å². The molecule has 78 valence electrons. The van der Waals surface area contributed by atoms with E-state index in [1.807, 2.05) is 24.3 Å². The maximum atomic E-state index is 11.1. The Morgan fingerprint density at radius 3 is 2.53 bits per heavy atom. The number of aryl methyl sites for hydroxylation is 1. The van der Waals surface area contributed by atoms with E-state index in [1.165, 1.54) is 6.92 Å². The molecule has 0 unspecified atom stereocenters. The lowest BCUT2D eigenvalue weighted by Crippen LogP contribution is -2.01. The Morgan fingerprint density at radius 1 is 1.27 bits per heavy atom. The Kier molecular flexibility index (Phi) is 3.80. The SMILES string of the molecule is CC=O.Cc1cc2ccccc2oc1=O. The van der Waals surface area contributed by atoms with Crippen LogP contribution in [0.25, 0.3) is 11.0 Å². The molecule has 0 aliphatic heterocycles. The van der Waals surface area contributed by atoms with Gasteiger partial charge in [-0.1, -0.05) is 18.2 Å². The van der Waals surface area contributed by atoms with Gasteiger partial charge in [-0.3, -0.25) is 0 Å². The summed E-state index contributed by atoms with van der Waals surface area (Å²) in [6, 6.07) is 9.31. The van der Waals surface area contributed by atoms with E-state index in [1.54, 1.807) is 13.0 Å². The fourth-order valence-corrected chi connectivity index (χ4v) is 1.17. The first kappa shape index (κ1) is 11.2. The molecule has 0 saturated heterocycles. The average Bonchev–Trinajstić information content (AvgIpc) is 2.21. The van der Waals surface area contributed by atoms with Gasteiger partial charge in [-0.2, -0.15) is 0 Å². The van der Waals surface area contributed by atoms with E-state index < -0.39 is 0 Å². The number of para-hydroxylation sites is 1. The number of hydrogen-bond acceptors (Lipinski definition) is 3. The molecule has 0 spiro atoms. The molecule has 3 nitrogen and oxygen atoms in total. The van der Waals surface area contributed by atoms with E-state index in [0.29, 0.717) is 11.1 Å². The summed E-state index contributed by atoms with van der Waals surface area (Å²) in [6.07, 6.45) is 0.750. The third-order valence-corrected chi connectivity index (χ3v) is 1.82. The van der Waals surface area contributed by atoms with Crippen molar-refractivity contribution in [2.24, 2.45) is 0 Å². The molecule has 0 saturated carbocycles. The van der Waals surface area contributed by atoms with Gasteiger partial charge < -0.3 is 9.21 Å². The van der Waals surface area contributed by atoms with Gasteiger partial charge in [0.25, 0.3) is 0 Å². The van der Waals surface area contributed by atoms with Gasteiger partial charge in [0.1, 0.15) is 11.9 Å². The zero-order valence-corrected chi connectivity index (χ0v) is 8.69. The van der Waals surface area contributed by atoms with E-state index in [4.69, 9.17) is 9.21 Å². The van der Waals surface area contributed by atoms with E-state index in [-0.39, 0.29) is 5.63 Å². The zero-order valence-electron chi connectivity index (χ0n) is 8.69. The van der Waals surface area contributed by atoms with Crippen molar-refractivity contribution in [3.05, 3.63) is 46.3 Å². The highest BCUT2D eigenvalue weighted by atomic mass is 16.4. The van der Waals surface area contributed by atoms with Crippen LogP contribution in [-0.2, 0) is 4.79 Å². The van der Waals surface area contributed by atoms with Crippen molar-refractivity contribution in [1.82, 2.24) is 0 Å². The highest BCUT2D eigenvalue weighted by Crippen LogP contribution is 2.11. The molecule has 0 aliphatic rings. The summed E-state index contributed by atoms with van der Waals surface area (Å²) in [5, 5.41) is 0.967. The number of rotatable bonds is 0. The largest absolute Gasteiger partial charge is 0.423 e. The third kappa shape index (κ3) is 2.77. The zero-order chi connectivity index (χ0) is 11.3. The normalized spacial score (nSPS) is 9.20. The molecule has 1 aromatic carbocycles. The minimum Gasteiger partial charge on any atom is -0.423 e. The number of fused-ring (bicyclic) bond motifs is 1. The third-order valence-electron chi connectivity index (χ3n) is 1.82. The molecule has 0 bridgehead atoms. The van der Waals surface area contributed by atoms with Crippen LogP contribution in [0.5, 0.6) is 0 Å².